The Kier molecular flexibility index (Phi) is 6.22. The highest BCUT2D eigenvalue weighted by Gasteiger charge is 2.23. The number of nitrogens with zero attached hydrogens (tertiary/aromatic N) is 2. The normalized spacial score (nSPS) is 13.9. The summed E-state index contributed by atoms with van der Waals surface area (Å²) in [6.45, 7) is 4.85. The largest absolute Gasteiger partial charge is 0.477 e. The molecule has 4 heterocycles. The maximum absolute atomic E-state index is 15.0. The van der Waals surface area contributed by atoms with Crippen LogP contribution in [0.2, 0.25) is 0 Å². The van der Waals surface area contributed by atoms with Gasteiger partial charge >= 0.3 is 5.97 Å². The molecule has 206 valence electrons. The Morgan fingerprint density at radius 2 is 1.85 bits per heavy atom. The second kappa shape index (κ2) is 9.76. The van der Waals surface area contributed by atoms with Crippen LogP contribution < -0.4 is 16.5 Å². The Labute approximate surface area is 226 Å². The number of H-pyrrole nitrogens is 1. The number of aromatic carboxylic acids is 1. The first kappa shape index (κ1) is 25.5. The number of aromatic amines is 1. The fourth-order valence-electron chi connectivity index (χ4n) is 5.19. The number of nitrogens with one attached hydrogen (secondary N) is 2. The lowest BCUT2D eigenvalue weighted by atomic mass is 10.1. The molecule has 3 aromatic heterocycles. The van der Waals surface area contributed by atoms with E-state index in [2.05, 4.69) is 22.2 Å². The summed E-state index contributed by atoms with van der Waals surface area (Å²) in [5.41, 5.74) is 8.59. The molecule has 0 spiro atoms. The summed E-state index contributed by atoms with van der Waals surface area (Å²) in [6.07, 6.45) is 4.05. The zero-order valence-electron chi connectivity index (χ0n) is 22.0. The maximum Gasteiger partial charge on any atom is 0.341 e. The minimum Gasteiger partial charge on any atom is -0.477 e. The van der Waals surface area contributed by atoms with Crippen molar-refractivity contribution >= 4 is 67.1 Å². The van der Waals surface area contributed by atoms with E-state index in [0.717, 1.165) is 6.07 Å². The van der Waals surface area contributed by atoms with E-state index in [-0.39, 0.29) is 22.2 Å². The summed E-state index contributed by atoms with van der Waals surface area (Å²) in [7, 11) is 2.17. The van der Waals surface area contributed by atoms with E-state index in [9.17, 15) is 19.1 Å². The van der Waals surface area contributed by atoms with Crippen LogP contribution in [0.4, 0.5) is 15.8 Å². The molecule has 0 amide bonds. The van der Waals surface area contributed by atoms with Crippen molar-refractivity contribution < 1.29 is 23.1 Å². The Balaban J connectivity index is 0.000000429. The number of benzene rings is 3. The quantitative estimate of drug-likeness (QED) is 0.129. The Bertz CT molecular complexity index is 2030. The fourth-order valence-corrected chi connectivity index (χ4v) is 5.19. The van der Waals surface area contributed by atoms with Gasteiger partial charge in [0, 0.05) is 36.6 Å². The zero-order valence-corrected chi connectivity index (χ0v) is 22.0. The molecule has 0 unspecified atom stereocenters. The van der Waals surface area contributed by atoms with Crippen LogP contribution in [0.15, 0.2) is 56.2 Å². The lowest BCUT2D eigenvalue weighted by molar-refractivity contribution is 0.0695. The van der Waals surface area contributed by atoms with E-state index in [1.165, 1.54) is 36.5 Å². The van der Waals surface area contributed by atoms with Gasteiger partial charge < -0.3 is 39.3 Å². The molecule has 5 N–H and O–H groups in total. The highest BCUT2D eigenvalue weighted by Crippen LogP contribution is 2.35. The van der Waals surface area contributed by atoms with Crippen molar-refractivity contribution in [3.05, 3.63) is 64.2 Å². The van der Waals surface area contributed by atoms with Crippen molar-refractivity contribution in [2.75, 3.05) is 37.7 Å². The minimum absolute atomic E-state index is 0.0830. The number of anilines is 2. The van der Waals surface area contributed by atoms with Gasteiger partial charge in [0.25, 0.3) is 0 Å². The summed E-state index contributed by atoms with van der Waals surface area (Å²) in [6, 6.07) is 9.58. The van der Waals surface area contributed by atoms with Crippen molar-refractivity contribution in [1.29, 1.82) is 0 Å². The number of aromatic nitrogens is 2. The molecule has 7 rings (SSSR count). The highest BCUT2D eigenvalue weighted by molar-refractivity contribution is 6.06. The molecule has 1 saturated heterocycles. The van der Waals surface area contributed by atoms with Gasteiger partial charge in [0.15, 0.2) is 28.1 Å². The molecule has 3 aromatic carbocycles. The molecule has 1 fully saturated rings. The molecular formula is C29H28FN5O5. The summed E-state index contributed by atoms with van der Waals surface area (Å²) in [5, 5.41) is 12.4. The van der Waals surface area contributed by atoms with E-state index in [4.69, 9.17) is 14.6 Å². The number of nitrogens with two attached hydrogens (primary N) is 1. The van der Waals surface area contributed by atoms with E-state index in [1.807, 2.05) is 0 Å². The van der Waals surface area contributed by atoms with Gasteiger partial charge in [-0.15, -0.1) is 0 Å². The van der Waals surface area contributed by atoms with Crippen LogP contribution in [0.5, 0.6) is 0 Å². The van der Waals surface area contributed by atoms with Crippen molar-refractivity contribution in [3.63, 3.8) is 0 Å². The van der Waals surface area contributed by atoms with Crippen LogP contribution in [0, 0.1) is 5.82 Å². The van der Waals surface area contributed by atoms with Gasteiger partial charge in [-0.3, -0.25) is 4.79 Å². The van der Waals surface area contributed by atoms with Crippen molar-refractivity contribution in [1.82, 2.24) is 14.3 Å². The molecule has 0 bridgehead atoms. The monoisotopic (exact) mass is 545 g/mol. The molecule has 1 aliphatic heterocycles. The third kappa shape index (κ3) is 4.24. The molecule has 0 atom stereocenters. The predicted molar refractivity (Wildman–Crippen MR) is 154 cm³/mol. The smallest absolute Gasteiger partial charge is 0.341 e. The number of carboxylic acids is 1. The molecule has 0 radical (unpaired) electrons. The lowest BCUT2D eigenvalue weighted by Crippen LogP contribution is -2.18. The van der Waals surface area contributed by atoms with Crippen LogP contribution in [-0.4, -0.2) is 52.0 Å². The van der Waals surface area contributed by atoms with Gasteiger partial charge in [0.05, 0.1) is 21.9 Å². The SMILES string of the molecule is CCNc1c(F)cc2c(=O)c(C(=O)O)cn3c4cc5oc6cc(N)ccc6[nH]c5cc4oc1c23.CN1CCCC1. The maximum atomic E-state index is 15.0. The van der Waals surface area contributed by atoms with E-state index in [0.29, 0.717) is 45.5 Å². The average Bonchev–Trinajstić information content (AvgIpc) is 3.41. The summed E-state index contributed by atoms with van der Waals surface area (Å²) in [4.78, 5) is 30.3. The van der Waals surface area contributed by atoms with Gasteiger partial charge in [0.2, 0.25) is 5.43 Å². The van der Waals surface area contributed by atoms with Gasteiger partial charge in [0.1, 0.15) is 16.8 Å². The van der Waals surface area contributed by atoms with E-state index < -0.39 is 22.8 Å². The number of likely N-dealkylation sites (tertiary alicyclic amines) is 1. The molecule has 10 nitrogen and oxygen atoms in total. The highest BCUT2D eigenvalue weighted by atomic mass is 19.1. The van der Waals surface area contributed by atoms with Crippen LogP contribution >= 0.6 is 0 Å². The van der Waals surface area contributed by atoms with E-state index >= 15 is 0 Å². The molecule has 0 saturated carbocycles. The Hall–Kier alpha value is -4.77. The van der Waals surface area contributed by atoms with Crippen molar-refractivity contribution in [3.8, 4) is 0 Å². The number of rotatable bonds is 3. The number of carbonyl (C=O) groups is 1. The molecule has 11 heteroatoms. The second-order valence-electron chi connectivity index (χ2n) is 9.95. The van der Waals surface area contributed by atoms with E-state index in [1.54, 1.807) is 37.3 Å². The van der Waals surface area contributed by atoms with Gasteiger partial charge in [-0.25, -0.2) is 9.18 Å². The Morgan fingerprint density at radius 3 is 2.52 bits per heavy atom. The van der Waals surface area contributed by atoms with Gasteiger partial charge in [-0.05, 0) is 58.1 Å². The zero-order chi connectivity index (χ0) is 28.1. The first-order valence-corrected chi connectivity index (χ1v) is 13.0. The minimum atomic E-state index is -1.42. The standard InChI is InChI=1S/C24H17FN4O5.C5H11N/c1-2-27-20-13(25)6-11-21-23(20)34-19-7-15-18(33-17-5-10(26)3-4-14(17)28-15)8-16(19)29(21)9-12(22(11)30)24(31)32;1-6-4-2-3-5-6/h3-9,27-28H,2,26H2,1H3,(H,31,32);2-5H2,1H3. The lowest BCUT2D eigenvalue weighted by Gasteiger charge is -2.16. The number of hydrogen-bond acceptors (Lipinski definition) is 7. The van der Waals surface area contributed by atoms with Crippen LogP contribution in [-0.2, 0) is 0 Å². The Morgan fingerprint density at radius 1 is 1.10 bits per heavy atom. The first-order valence-electron chi connectivity index (χ1n) is 13.0. The number of halogens is 1. The first-order chi connectivity index (χ1) is 19.2. The predicted octanol–water partition coefficient (Wildman–Crippen LogP) is 5.55. The number of fused-ring (bicyclic) bond motifs is 4. The summed E-state index contributed by atoms with van der Waals surface area (Å²) >= 11 is 0. The summed E-state index contributed by atoms with van der Waals surface area (Å²) in [5.74, 6) is -2.13. The molecule has 40 heavy (non-hydrogen) atoms. The number of pyridine rings is 1. The molecule has 0 aliphatic carbocycles. The second-order valence-corrected chi connectivity index (χ2v) is 9.95. The molecular weight excluding hydrogens is 517 g/mol. The third-order valence-electron chi connectivity index (χ3n) is 7.14. The van der Waals surface area contributed by atoms with Gasteiger partial charge in [-0.1, -0.05) is 0 Å². The third-order valence-corrected chi connectivity index (χ3v) is 7.14. The van der Waals surface area contributed by atoms with Crippen LogP contribution in [0.3, 0.4) is 0 Å². The number of nitrogen functional groups attached to an aromatic ring is 1. The fraction of sp³-hybridized carbons (Fsp3) is 0.241. The number of hydrogen-bond donors (Lipinski definition) is 4. The van der Waals surface area contributed by atoms with Gasteiger partial charge in [-0.2, -0.15) is 0 Å². The van der Waals surface area contributed by atoms with Crippen molar-refractivity contribution in [2.45, 2.75) is 19.8 Å². The van der Waals surface area contributed by atoms with Crippen LogP contribution in [0.25, 0.3) is 49.8 Å². The number of carboxylic acid groups (broad SMARTS) is 1. The van der Waals surface area contributed by atoms with Crippen molar-refractivity contribution in [2.24, 2.45) is 0 Å². The summed E-state index contributed by atoms with van der Waals surface area (Å²) < 4.78 is 28.7. The average molecular weight is 546 g/mol. The van der Waals surface area contributed by atoms with Crippen LogP contribution in [0.1, 0.15) is 30.1 Å². The molecule has 6 aromatic rings. The molecule has 1 aliphatic rings. The topological polar surface area (TPSA) is 142 Å².